The van der Waals surface area contributed by atoms with Crippen LogP contribution in [0.1, 0.15) is 0 Å². The second-order valence-corrected chi connectivity index (χ2v) is 4.34. The second-order valence-electron chi connectivity index (χ2n) is 4.34. The summed E-state index contributed by atoms with van der Waals surface area (Å²) in [5, 5.41) is 5.79. The highest BCUT2D eigenvalue weighted by molar-refractivity contribution is 5.45. The molecule has 1 aromatic heterocycles. The summed E-state index contributed by atoms with van der Waals surface area (Å²) in [6.45, 7) is 0.233. The maximum atomic E-state index is 13.0. The quantitative estimate of drug-likeness (QED) is 0.808. The molecular formula is C13H15FN4O2. The smallest absolute Gasteiger partial charge is 0.330 e. The van der Waals surface area contributed by atoms with Gasteiger partial charge >= 0.3 is 5.69 Å². The fraction of sp³-hybridized carbons (Fsp3) is 0.231. The topological polar surface area (TPSA) is 68.1 Å². The van der Waals surface area contributed by atoms with Crippen LogP contribution in [0.4, 0.5) is 15.8 Å². The van der Waals surface area contributed by atoms with Crippen LogP contribution >= 0.6 is 0 Å². The third-order valence-corrected chi connectivity index (χ3v) is 2.84. The van der Waals surface area contributed by atoms with Crippen LogP contribution in [0.3, 0.4) is 0 Å². The van der Waals surface area contributed by atoms with E-state index in [0.29, 0.717) is 11.4 Å². The molecule has 0 aliphatic carbocycles. The molecule has 6 nitrogen and oxygen atoms in total. The Kier molecular flexibility index (Phi) is 3.88. The number of rotatable bonds is 4. The van der Waals surface area contributed by atoms with Crippen LogP contribution in [0.15, 0.2) is 40.1 Å². The molecule has 0 fully saturated rings. The minimum absolute atomic E-state index is 0.233. The summed E-state index contributed by atoms with van der Waals surface area (Å²) >= 11 is 0. The van der Waals surface area contributed by atoms with Crippen molar-refractivity contribution in [1.29, 1.82) is 0 Å². The van der Waals surface area contributed by atoms with Gasteiger partial charge in [-0.1, -0.05) is 6.07 Å². The third kappa shape index (κ3) is 2.87. The van der Waals surface area contributed by atoms with E-state index in [2.05, 4.69) is 10.6 Å². The van der Waals surface area contributed by atoms with Crippen molar-refractivity contribution in [3.8, 4) is 0 Å². The van der Waals surface area contributed by atoms with Crippen molar-refractivity contribution in [2.24, 2.45) is 14.1 Å². The van der Waals surface area contributed by atoms with Gasteiger partial charge < -0.3 is 15.2 Å². The second kappa shape index (κ2) is 5.60. The van der Waals surface area contributed by atoms with Crippen molar-refractivity contribution in [1.82, 2.24) is 9.13 Å². The van der Waals surface area contributed by atoms with E-state index in [-0.39, 0.29) is 12.5 Å². The van der Waals surface area contributed by atoms with Crippen LogP contribution in [-0.4, -0.2) is 15.8 Å². The molecule has 0 aliphatic heterocycles. The Bertz CT molecular complexity index is 736. The maximum absolute atomic E-state index is 13.0. The fourth-order valence-corrected chi connectivity index (χ4v) is 1.77. The lowest BCUT2D eigenvalue weighted by Crippen LogP contribution is -2.38. The molecule has 106 valence electrons. The molecule has 2 rings (SSSR count). The number of aromatic nitrogens is 2. The van der Waals surface area contributed by atoms with Crippen LogP contribution in [0.25, 0.3) is 0 Å². The molecule has 2 aromatic rings. The zero-order chi connectivity index (χ0) is 14.7. The molecule has 1 aromatic carbocycles. The first-order valence-electron chi connectivity index (χ1n) is 5.99. The Labute approximate surface area is 114 Å². The van der Waals surface area contributed by atoms with E-state index in [0.717, 1.165) is 4.57 Å². The number of benzene rings is 1. The van der Waals surface area contributed by atoms with Crippen molar-refractivity contribution < 1.29 is 4.39 Å². The first kappa shape index (κ1) is 13.9. The molecule has 0 radical (unpaired) electrons. The van der Waals surface area contributed by atoms with E-state index in [1.807, 2.05) is 0 Å². The number of anilines is 2. The number of halogens is 1. The first-order valence-corrected chi connectivity index (χ1v) is 5.99. The van der Waals surface area contributed by atoms with Crippen molar-refractivity contribution >= 4 is 11.4 Å². The van der Waals surface area contributed by atoms with Gasteiger partial charge in [0.1, 0.15) is 11.5 Å². The van der Waals surface area contributed by atoms with E-state index in [4.69, 9.17) is 0 Å². The molecule has 0 saturated carbocycles. The highest BCUT2D eigenvalue weighted by atomic mass is 19.1. The molecule has 7 heteroatoms. The molecule has 0 amide bonds. The molecule has 20 heavy (non-hydrogen) atoms. The average Bonchev–Trinajstić information content (AvgIpc) is 2.42. The van der Waals surface area contributed by atoms with Gasteiger partial charge in [-0.3, -0.25) is 9.36 Å². The summed E-state index contributed by atoms with van der Waals surface area (Å²) in [6, 6.07) is 5.99. The number of nitrogens with zero attached hydrogens (tertiary/aromatic N) is 2. The molecule has 0 atom stereocenters. The number of nitrogens with one attached hydrogen (secondary N) is 2. The summed E-state index contributed by atoms with van der Waals surface area (Å²) in [5.41, 5.74) is 0.0884. The van der Waals surface area contributed by atoms with Crippen molar-refractivity contribution in [2.45, 2.75) is 0 Å². The molecule has 2 N–H and O–H groups in total. The van der Waals surface area contributed by atoms with Crippen molar-refractivity contribution in [3.05, 3.63) is 57.1 Å². The molecule has 0 saturated heterocycles. The molecule has 0 spiro atoms. The summed E-state index contributed by atoms with van der Waals surface area (Å²) in [4.78, 5) is 23.4. The van der Waals surface area contributed by atoms with Gasteiger partial charge in [-0.2, -0.15) is 0 Å². The van der Waals surface area contributed by atoms with Gasteiger partial charge in [0.15, 0.2) is 0 Å². The lowest BCUT2D eigenvalue weighted by molar-refractivity contribution is 0.628. The largest absolute Gasteiger partial charge is 0.368 e. The van der Waals surface area contributed by atoms with Crippen LogP contribution in [0.5, 0.6) is 0 Å². The molecule has 0 bridgehead atoms. The third-order valence-electron chi connectivity index (χ3n) is 2.84. The fourth-order valence-electron chi connectivity index (χ4n) is 1.77. The SMILES string of the molecule is Cn1cc(NCNc2cccc(F)c2)c(=O)n(C)c1=O. The van der Waals surface area contributed by atoms with E-state index in [9.17, 15) is 14.0 Å². The Morgan fingerprint density at radius 2 is 1.95 bits per heavy atom. The monoisotopic (exact) mass is 278 g/mol. The van der Waals surface area contributed by atoms with Gasteiger partial charge in [-0.25, -0.2) is 9.18 Å². The summed E-state index contributed by atoms with van der Waals surface area (Å²) in [5.74, 6) is -0.340. The van der Waals surface area contributed by atoms with Crippen LogP contribution in [-0.2, 0) is 14.1 Å². The van der Waals surface area contributed by atoms with Gasteiger partial charge in [0.25, 0.3) is 5.56 Å². The molecule has 0 unspecified atom stereocenters. The minimum atomic E-state index is -0.408. The predicted octanol–water partition coefficient (Wildman–Crippen LogP) is 0.705. The number of hydrogen-bond acceptors (Lipinski definition) is 4. The summed E-state index contributed by atoms with van der Waals surface area (Å²) in [6.07, 6.45) is 1.43. The first-order chi connectivity index (χ1) is 9.49. The Morgan fingerprint density at radius 1 is 1.20 bits per heavy atom. The summed E-state index contributed by atoms with van der Waals surface area (Å²) < 4.78 is 15.3. The van der Waals surface area contributed by atoms with Gasteiger partial charge in [0.2, 0.25) is 0 Å². The van der Waals surface area contributed by atoms with Gasteiger partial charge in [-0.05, 0) is 18.2 Å². The zero-order valence-corrected chi connectivity index (χ0v) is 11.2. The lowest BCUT2D eigenvalue weighted by atomic mass is 10.3. The molecule has 0 aliphatic rings. The Hall–Kier alpha value is -2.57. The van der Waals surface area contributed by atoms with E-state index >= 15 is 0 Å². The molecular weight excluding hydrogens is 263 g/mol. The number of hydrogen-bond donors (Lipinski definition) is 2. The average molecular weight is 278 g/mol. The van der Waals surface area contributed by atoms with Crippen LogP contribution < -0.4 is 21.9 Å². The van der Waals surface area contributed by atoms with Gasteiger partial charge in [-0.15, -0.1) is 0 Å². The van der Waals surface area contributed by atoms with Crippen molar-refractivity contribution in [2.75, 3.05) is 17.3 Å². The minimum Gasteiger partial charge on any atom is -0.368 e. The molecule has 1 heterocycles. The van der Waals surface area contributed by atoms with Crippen LogP contribution in [0.2, 0.25) is 0 Å². The normalized spacial score (nSPS) is 10.3. The van der Waals surface area contributed by atoms with Gasteiger partial charge in [0, 0.05) is 26.0 Å². The van der Waals surface area contributed by atoms with E-state index in [1.54, 1.807) is 19.2 Å². The highest BCUT2D eigenvalue weighted by Crippen LogP contribution is 2.08. The standard InChI is InChI=1S/C13H15FN4O2/c1-17-7-11(12(19)18(2)13(17)20)16-8-15-10-5-3-4-9(14)6-10/h3-7,15-16H,8H2,1-2H3. The maximum Gasteiger partial charge on any atom is 0.330 e. The summed E-state index contributed by atoms with van der Waals surface area (Å²) in [7, 11) is 2.98. The van der Waals surface area contributed by atoms with Crippen molar-refractivity contribution in [3.63, 3.8) is 0 Å². The van der Waals surface area contributed by atoms with E-state index in [1.165, 1.54) is 29.9 Å². The highest BCUT2D eigenvalue weighted by Gasteiger charge is 2.05. The van der Waals surface area contributed by atoms with Gasteiger partial charge in [0.05, 0.1) is 6.67 Å². The predicted molar refractivity (Wildman–Crippen MR) is 75.4 cm³/mol. The zero-order valence-electron chi connectivity index (χ0n) is 11.2. The number of aryl methyl sites for hydroxylation is 1. The lowest BCUT2D eigenvalue weighted by Gasteiger charge is -2.11. The Balaban J connectivity index is 2.09. The van der Waals surface area contributed by atoms with Crippen LogP contribution in [0, 0.1) is 5.82 Å². The van der Waals surface area contributed by atoms with E-state index < -0.39 is 11.2 Å². The Morgan fingerprint density at radius 3 is 2.65 bits per heavy atom.